The van der Waals surface area contributed by atoms with E-state index in [1.807, 2.05) is 5.32 Å². The molecular weight excluding hydrogens is 555 g/mol. The number of ketones is 1. The SMILES string of the molecule is Cc1ncc(N)c(=O)n1CC(=O)NC(CCCN=C(NC(=O)OC(C)(C)C)NC(=O)OC(C)(C)C)C(=O)C(F)(F)F. The number of nitrogens with one attached hydrogen (secondary N) is 3. The molecule has 17 heteroatoms. The average molecular weight is 592 g/mol. The highest BCUT2D eigenvalue weighted by atomic mass is 19.4. The summed E-state index contributed by atoms with van der Waals surface area (Å²) >= 11 is 0. The lowest BCUT2D eigenvalue weighted by Crippen LogP contribution is -2.48. The number of aliphatic imine (C=N–C) groups is 1. The van der Waals surface area contributed by atoms with Crippen molar-refractivity contribution < 1.29 is 41.8 Å². The zero-order chi connectivity index (χ0) is 31.8. The number of alkyl halides is 3. The van der Waals surface area contributed by atoms with Crippen LogP contribution in [0, 0.1) is 6.92 Å². The van der Waals surface area contributed by atoms with Crippen molar-refractivity contribution in [1.82, 2.24) is 25.5 Å². The molecule has 0 fully saturated rings. The van der Waals surface area contributed by atoms with Crippen molar-refractivity contribution in [3.05, 3.63) is 22.4 Å². The molecule has 1 rings (SSSR count). The summed E-state index contributed by atoms with van der Waals surface area (Å²) in [4.78, 5) is 68.7. The molecule has 0 saturated heterocycles. The van der Waals surface area contributed by atoms with Gasteiger partial charge in [0.05, 0.1) is 12.2 Å². The van der Waals surface area contributed by atoms with Crippen LogP contribution in [0.25, 0.3) is 0 Å². The van der Waals surface area contributed by atoms with Crippen LogP contribution in [0.4, 0.5) is 28.4 Å². The minimum atomic E-state index is -5.27. The van der Waals surface area contributed by atoms with Crippen molar-refractivity contribution in [3.63, 3.8) is 0 Å². The summed E-state index contributed by atoms with van der Waals surface area (Å²) in [5.74, 6) is -3.62. The molecule has 1 aromatic heterocycles. The third-order valence-corrected chi connectivity index (χ3v) is 4.67. The van der Waals surface area contributed by atoms with Crippen molar-refractivity contribution in [2.24, 2.45) is 4.99 Å². The molecule has 0 aromatic carbocycles. The Balaban J connectivity index is 3.03. The van der Waals surface area contributed by atoms with E-state index >= 15 is 0 Å². The second kappa shape index (κ2) is 13.9. The summed E-state index contributed by atoms with van der Waals surface area (Å²) < 4.78 is 50.7. The van der Waals surface area contributed by atoms with Crippen molar-refractivity contribution in [1.29, 1.82) is 0 Å². The molecule has 0 aliphatic carbocycles. The number of hydrogen-bond donors (Lipinski definition) is 4. The number of aromatic nitrogens is 2. The van der Waals surface area contributed by atoms with Crippen LogP contribution in [0.2, 0.25) is 0 Å². The van der Waals surface area contributed by atoms with Crippen molar-refractivity contribution in [2.75, 3.05) is 12.3 Å². The minimum absolute atomic E-state index is 0.0786. The highest BCUT2D eigenvalue weighted by Crippen LogP contribution is 2.20. The molecule has 230 valence electrons. The monoisotopic (exact) mass is 591 g/mol. The molecule has 1 aromatic rings. The summed E-state index contributed by atoms with van der Waals surface area (Å²) in [6.45, 7) is 9.93. The van der Waals surface area contributed by atoms with Gasteiger partial charge in [0.1, 0.15) is 29.3 Å². The lowest BCUT2D eigenvalue weighted by Gasteiger charge is -2.22. The van der Waals surface area contributed by atoms with Gasteiger partial charge in [-0.05, 0) is 61.3 Å². The molecule has 5 N–H and O–H groups in total. The van der Waals surface area contributed by atoms with Gasteiger partial charge in [0.2, 0.25) is 11.9 Å². The van der Waals surface area contributed by atoms with E-state index in [2.05, 4.69) is 20.6 Å². The van der Waals surface area contributed by atoms with Gasteiger partial charge >= 0.3 is 18.4 Å². The molecule has 0 saturated carbocycles. The summed E-state index contributed by atoms with van der Waals surface area (Å²) in [6.07, 6.45) is -6.89. The number of rotatable bonds is 8. The molecule has 0 spiro atoms. The lowest BCUT2D eigenvalue weighted by atomic mass is 10.1. The van der Waals surface area contributed by atoms with Gasteiger partial charge in [0.15, 0.2) is 0 Å². The fourth-order valence-corrected chi connectivity index (χ4v) is 3.02. The third-order valence-electron chi connectivity index (χ3n) is 4.67. The van der Waals surface area contributed by atoms with Crippen LogP contribution in [-0.2, 0) is 25.6 Å². The number of anilines is 1. The van der Waals surface area contributed by atoms with Gasteiger partial charge in [-0.15, -0.1) is 0 Å². The van der Waals surface area contributed by atoms with Crippen molar-refractivity contribution in [2.45, 2.75) is 91.3 Å². The Labute approximate surface area is 234 Å². The van der Waals surface area contributed by atoms with E-state index in [4.69, 9.17) is 15.2 Å². The Hall–Kier alpha value is -4.18. The van der Waals surface area contributed by atoms with Gasteiger partial charge in [-0.25, -0.2) is 14.6 Å². The van der Waals surface area contributed by atoms with Crippen LogP contribution in [0.3, 0.4) is 0 Å². The zero-order valence-electron chi connectivity index (χ0n) is 23.9. The Morgan fingerprint density at radius 1 is 1.02 bits per heavy atom. The maximum Gasteiger partial charge on any atom is 0.452 e. The predicted octanol–water partition coefficient (Wildman–Crippen LogP) is 1.94. The van der Waals surface area contributed by atoms with Gasteiger partial charge in [0.25, 0.3) is 11.3 Å². The van der Waals surface area contributed by atoms with Gasteiger partial charge < -0.3 is 20.5 Å². The third kappa shape index (κ3) is 13.1. The van der Waals surface area contributed by atoms with E-state index in [0.29, 0.717) is 0 Å². The molecule has 14 nitrogen and oxygen atoms in total. The number of guanidine groups is 1. The number of aryl methyl sites for hydroxylation is 1. The Bertz CT molecular complexity index is 1180. The normalized spacial score (nSPS) is 12.5. The van der Waals surface area contributed by atoms with Crippen LogP contribution < -0.4 is 27.2 Å². The number of nitrogens with two attached hydrogens (primary N) is 1. The zero-order valence-corrected chi connectivity index (χ0v) is 23.9. The number of ether oxygens (including phenoxy) is 2. The molecule has 0 radical (unpaired) electrons. The fraction of sp³-hybridized carbons (Fsp3) is 0.625. The lowest BCUT2D eigenvalue weighted by molar-refractivity contribution is -0.174. The van der Waals surface area contributed by atoms with E-state index in [9.17, 15) is 37.1 Å². The second-order valence-corrected chi connectivity index (χ2v) is 10.8. The van der Waals surface area contributed by atoms with E-state index in [0.717, 1.165) is 10.8 Å². The fourth-order valence-electron chi connectivity index (χ4n) is 3.02. The van der Waals surface area contributed by atoms with Crippen LogP contribution >= 0.6 is 0 Å². The summed E-state index contributed by atoms with van der Waals surface area (Å²) in [5.41, 5.74) is 2.65. The van der Waals surface area contributed by atoms with Crippen LogP contribution in [0.15, 0.2) is 16.0 Å². The van der Waals surface area contributed by atoms with Gasteiger partial charge in [-0.3, -0.25) is 34.6 Å². The summed E-state index contributed by atoms with van der Waals surface area (Å²) in [7, 11) is 0. The molecule has 0 aliphatic heterocycles. The predicted molar refractivity (Wildman–Crippen MR) is 141 cm³/mol. The van der Waals surface area contributed by atoms with Gasteiger partial charge in [-0.2, -0.15) is 13.2 Å². The first-order valence-electron chi connectivity index (χ1n) is 12.4. The molecular formula is C24H36F3N7O7. The van der Waals surface area contributed by atoms with Gasteiger partial charge in [0, 0.05) is 6.54 Å². The Kier molecular flexibility index (Phi) is 11.8. The summed E-state index contributed by atoms with van der Waals surface area (Å²) in [6, 6.07) is -2.01. The molecule has 0 bridgehead atoms. The number of nitrogens with zero attached hydrogens (tertiary/aromatic N) is 3. The second-order valence-electron chi connectivity index (χ2n) is 10.8. The largest absolute Gasteiger partial charge is 0.452 e. The number of carbonyl (C=O) groups is 4. The van der Waals surface area contributed by atoms with E-state index in [1.165, 1.54) is 6.92 Å². The maximum atomic E-state index is 13.2. The van der Waals surface area contributed by atoms with Crippen LogP contribution in [0.5, 0.6) is 0 Å². The Morgan fingerprint density at radius 2 is 1.54 bits per heavy atom. The molecule has 1 atom stereocenters. The number of carbonyl (C=O) groups excluding carboxylic acids is 4. The smallest absolute Gasteiger partial charge is 0.444 e. The molecule has 0 aliphatic rings. The highest BCUT2D eigenvalue weighted by molar-refractivity contribution is 6.01. The number of amides is 3. The average Bonchev–Trinajstić information content (AvgIpc) is 2.77. The first-order valence-corrected chi connectivity index (χ1v) is 12.4. The number of hydrogen-bond acceptors (Lipinski definition) is 10. The highest BCUT2D eigenvalue weighted by Gasteiger charge is 2.43. The quantitative estimate of drug-likeness (QED) is 0.198. The van der Waals surface area contributed by atoms with E-state index in [1.54, 1.807) is 41.5 Å². The van der Waals surface area contributed by atoms with Gasteiger partial charge in [-0.1, -0.05) is 0 Å². The standard InChI is InChI=1S/C24H36F3N7O7/c1-13-30-11-14(28)18(37)34(13)12-16(35)31-15(17(36)24(25,26)27)9-8-10-29-19(32-20(38)40-22(2,3)4)33-21(39)41-23(5,6)7/h11,15H,8-10,12,28H2,1-7H3,(H,31,35)(H2,29,32,33,38,39). The summed E-state index contributed by atoms with van der Waals surface area (Å²) in [5, 5.41) is 6.41. The maximum absolute atomic E-state index is 13.2. The van der Waals surface area contributed by atoms with Crippen molar-refractivity contribution >= 4 is 35.5 Å². The number of nitrogen functional groups attached to an aromatic ring is 1. The molecule has 1 heterocycles. The minimum Gasteiger partial charge on any atom is -0.444 e. The number of Topliss-reactive ketones (excluding diaryl/α,β-unsaturated/α-hetero) is 1. The van der Waals surface area contributed by atoms with Crippen LogP contribution in [0.1, 0.15) is 60.2 Å². The Morgan fingerprint density at radius 3 is 2.00 bits per heavy atom. The number of halogens is 3. The molecule has 41 heavy (non-hydrogen) atoms. The first kappa shape index (κ1) is 34.8. The topological polar surface area (TPSA) is 196 Å². The van der Waals surface area contributed by atoms with Crippen LogP contribution in [-0.4, -0.2) is 69.4 Å². The first-order chi connectivity index (χ1) is 18.6. The number of alkyl carbamates (subject to hydrolysis) is 2. The molecule has 1 unspecified atom stereocenters. The van der Waals surface area contributed by atoms with E-state index < -0.39 is 71.8 Å². The molecule has 3 amide bonds. The van der Waals surface area contributed by atoms with Crippen molar-refractivity contribution in [3.8, 4) is 0 Å². The van der Waals surface area contributed by atoms with E-state index in [-0.39, 0.29) is 24.5 Å².